The van der Waals surface area contributed by atoms with Crippen molar-refractivity contribution in [3.8, 4) is 0 Å². The van der Waals surface area contributed by atoms with Crippen LogP contribution in [-0.4, -0.2) is 32.1 Å². The van der Waals surface area contributed by atoms with Crippen molar-refractivity contribution in [1.82, 2.24) is 19.6 Å². The molecule has 0 saturated heterocycles. The number of carbonyl (C=O) groups is 1. The lowest BCUT2D eigenvalue weighted by Gasteiger charge is -2.30. The van der Waals surface area contributed by atoms with Crippen LogP contribution in [0.1, 0.15) is 27.2 Å². The molecule has 150 valence electrons. The lowest BCUT2D eigenvalue weighted by atomic mass is 10.00. The zero-order valence-electron chi connectivity index (χ0n) is 15.8. The topological polar surface area (TPSA) is 62.5 Å². The van der Waals surface area contributed by atoms with Crippen molar-refractivity contribution in [2.45, 2.75) is 12.8 Å². The Bertz CT molecular complexity index is 1270. The summed E-state index contributed by atoms with van der Waals surface area (Å²) < 4.78 is 14.9. The summed E-state index contributed by atoms with van der Waals surface area (Å²) in [4.78, 5) is 16.5. The van der Waals surface area contributed by atoms with Crippen LogP contribution in [0.15, 0.2) is 60.9 Å². The molecule has 0 atom stereocenters. The Balaban J connectivity index is 1.33. The van der Waals surface area contributed by atoms with Crippen molar-refractivity contribution in [3.05, 3.63) is 94.3 Å². The zero-order valence-corrected chi connectivity index (χ0v) is 16.6. The van der Waals surface area contributed by atoms with Crippen molar-refractivity contribution in [2.24, 2.45) is 0 Å². The van der Waals surface area contributed by atoms with Gasteiger partial charge in [-0.25, -0.2) is 9.50 Å². The van der Waals surface area contributed by atoms with Crippen LogP contribution in [0.2, 0.25) is 5.02 Å². The molecule has 1 N–H and O–H groups in total. The molecule has 3 aromatic heterocycles. The molecule has 1 aliphatic heterocycles. The average Bonchev–Trinajstić information content (AvgIpc) is 3.16. The number of anilines is 1. The van der Waals surface area contributed by atoms with Gasteiger partial charge in [0.1, 0.15) is 0 Å². The molecule has 0 aliphatic carbocycles. The van der Waals surface area contributed by atoms with E-state index in [0.29, 0.717) is 30.1 Å². The van der Waals surface area contributed by atoms with Crippen LogP contribution in [-0.2, 0) is 12.8 Å². The number of benzene rings is 1. The lowest BCUT2D eigenvalue weighted by Crippen LogP contribution is -2.41. The maximum atomic E-state index is 13.3. The molecular weight excluding hydrogens is 405 g/mol. The van der Waals surface area contributed by atoms with E-state index < -0.39 is 5.95 Å². The van der Waals surface area contributed by atoms with E-state index >= 15 is 0 Å². The molecule has 0 unspecified atom stereocenters. The Morgan fingerprint density at radius 1 is 1.13 bits per heavy atom. The predicted octanol–water partition coefficient (Wildman–Crippen LogP) is 4.14. The molecule has 30 heavy (non-hydrogen) atoms. The molecule has 0 saturated carbocycles. The van der Waals surface area contributed by atoms with Gasteiger partial charge in [0, 0.05) is 18.9 Å². The number of carbonyl (C=O) groups excluding carboxylic acids is 1. The average molecular weight is 422 g/mol. The van der Waals surface area contributed by atoms with Gasteiger partial charge in [-0.05, 0) is 65.9 Å². The third-order valence-corrected chi connectivity index (χ3v) is 5.34. The smallest absolute Gasteiger partial charge is 0.292 e. The van der Waals surface area contributed by atoms with Gasteiger partial charge in [-0.3, -0.25) is 15.2 Å². The maximum Gasteiger partial charge on any atom is 0.292 e. The molecular formula is C22H17ClFN5O. The van der Waals surface area contributed by atoms with Crippen LogP contribution in [0.5, 0.6) is 0 Å². The number of hydrogen-bond acceptors (Lipinski definition) is 4. The number of nitrogens with zero attached hydrogens (tertiary/aromatic N) is 4. The summed E-state index contributed by atoms with van der Waals surface area (Å²) in [7, 11) is 0. The highest BCUT2D eigenvalue weighted by Gasteiger charge is 2.23. The number of aromatic nitrogens is 3. The van der Waals surface area contributed by atoms with Crippen molar-refractivity contribution in [1.29, 1.82) is 0 Å². The molecule has 1 aromatic carbocycles. The highest BCUT2D eigenvalue weighted by Crippen LogP contribution is 2.25. The van der Waals surface area contributed by atoms with Crippen LogP contribution >= 0.6 is 11.6 Å². The van der Waals surface area contributed by atoms with Crippen LogP contribution in [0, 0.1) is 5.95 Å². The molecule has 0 fully saturated rings. The van der Waals surface area contributed by atoms with Crippen molar-refractivity contribution < 1.29 is 9.18 Å². The highest BCUT2D eigenvalue weighted by atomic mass is 35.5. The van der Waals surface area contributed by atoms with E-state index in [4.69, 9.17) is 11.6 Å². The summed E-state index contributed by atoms with van der Waals surface area (Å²) in [5.41, 5.74) is 8.30. The Morgan fingerprint density at radius 3 is 2.87 bits per heavy atom. The minimum absolute atomic E-state index is 0.197. The van der Waals surface area contributed by atoms with Gasteiger partial charge in [0.15, 0.2) is 5.69 Å². The van der Waals surface area contributed by atoms with E-state index in [-0.39, 0.29) is 5.91 Å². The summed E-state index contributed by atoms with van der Waals surface area (Å²) in [5.74, 6) is -0.674. The number of amides is 1. The van der Waals surface area contributed by atoms with Gasteiger partial charge >= 0.3 is 0 Å². The number of pyridine rings is 2. The fraction of sp³-hybridized carbons (Fsp3) is 0.136. The largest absolute Gasteiger partial charge is 0.295 e. The van der Waals surface area contributed by atoms with Crippen LogP contribution in [0.3, 0.4) is 0 Å². The first kappa shape index (κ1) is 18.6. The summed E-state index contributed by atoms with van der Waals surface area (Å²) >= 11 is 5.99. The maximum absolute atomic E-state index is 13.3. The second-order valence-electron chi connectivity index (χ2n) is 7.22. The van der Waals surface area contributed by atoms with Crippen LogP contribution in [0.25, 0.3) is 5.52 Å². The first-order valence-corrected chi connectivity index (χ1v) is 9.89. The van der Waals surface area contributed by atoms with Gasteiger partial charge in [-0.15, -0.1) is 0 Å². The Hall–Kier alpha value is -3.45. The van der Waals surface area contributed by atoms with E-state index in [1.54, 1.807) is 27.9 Å². The summed E-state index contributed by atoms with van der Waals surface area (Å²) in [6.45, 7) is 0.522. The molecule has 0 spiro atoms. The Kier molecular flexibility index (Phi) is 4.59. The first-order valence-electron chi connectivity index (χ1n) is 9.51. The molecule has 0 radical (unpaired) electrons. The number of hydrazine groups is 1. The molecule has 0 bridgehead atoms. The SMILES string of the molecule is O=C(c1cc2ccc(Cl)cn2n1)N1CCc2cc(Cc3ccnc(F)c3)ccc2N1. The lowest BCUT2D eigenvalue weighted by molar-refractivity contribution is 0.0783. The summed E-state index contributed by atoms with van der Waals surface area (Å²) in [5, 5.41) is 6.47. The second kappa shape index (κ2) is 7.42. The van der Waals surface area contributed by atoms with Crippen LogP contribution in [0.4, 0.5) is 10.1 Å². The molecule has 5 rings (SSSR count). The number of nitrogens with one attached hydrogen (secondary N) is 1. The quantitative estimate of drug-likeness (QED) is 0.505. The summed E-state index contributed by atoms with van der Waals surface area (Å²) in [6, 6.07) is 14.6. The van der Waals surface area contributed by atoms with Gasteiger partial charge < -0.3 is 0 Å². The van der Waals surface area contributed by atoms with Gasteiger partial charge in [0.2, 0.25) is 5.95 Å². The minimum Gasteiger partial charge on any atom is -0.295 e. The Labute approximate surface area is 176 Å². The van der Waals surface area contributed by atoms with Crippen LogP contribution < -0.4 is 5.43 Å². The number of hydrogen-bond donors (Lipinski definition) is 1. The number of halogens is 2. The molecule has 6 nitrogen and oxygen atoms in total. The standard InChI is InChI=1S/C22H17ClFN5O/c23-17-2-3-18-12-20(27-29(18)13-17)22(30)28-8-6-16-10-14(1-4-19(16)26-28)9-15-5-7-25-21(24)11-15/h1-5,7,10-13,26H,6,8-9H2. The molecule has 4 aromatic rings. The molecule has 4 heterocycles. The van der Waals surface area contributed by atoms with Crippen molar-refractivity contribution in [2.75, 3.05) is 12.0 Å². The zero-order chi connectivity index (χ0) is 20.7. The van der Waals surface area contributed by atoms with E-state index in [9.17, 15) is 9.18 Å². The van der Waals surface area contributed by atoms with E-state index in [1.807, 2.05) is 24.3 Å². The first-order chi connectivity index (χ1) is 14.5. The predicted molar refractivity (Wildman–Crippen MR) is 112 cm³/mol. The minimum atomic E-state index is -0.476. The van der Waals surface area contributed by atoms with Crippen molar-refractivity contribution in [3.63, 3.8) is 0 Å². The molecule has 8 heteroatoms. The third-order valence-electron chi connectivity index (χ3n) is 5.12. The van der Waals surface area contributed by atoms with Gasteiger partial charge in [0.05, 0.1) is 16.2 Å². The second-order valence-corrected chi connectivity index (χ2v) is 7.66. The number of rotatable bonds is 3. The van der Waals surface area contributed by atoms with E-state index in [2.05, 4.69) is 21.6 Å². The van der Waals surface area contributed by atoms with Gasteiger partial charge in [-0.2, -0.15) is 9.49 Å². The monoisotopic (exact) mass is 421 g/mol. The van der Waals surface area contributed by atoms with Gasteiger partial charge in [-0.1, -0.05) is 23.7 Å². The number of fused-ring (bicyclic) bond motifs is 2. The normalized spacial score (nSPS) is 13.2. The highest BCUT2D eigenvalue weighted by molar-refractivity contribution is 6.30. The van der Waals surface area contributed by atoms with E-state index in [0.717, 1.165) is 27.9 Å². The molecule has 1 amide bonds. The third kappa shape index (κ3) is 3.59. The molecule has 1 aliphatic rings. The fourth-order valence-corrected chi connectivity index (χ4v) is 3.81. The fourth-order valence-electron chi connectivity index (χ4n) is 3.65. The summed E-state index contributed by atoms with van der Waals surface area (Å²) in [6.07, 6.45) is 4.48. The van der Waals surface area contributed by atoms with Crippen molar-refractivity contribution >= 4 is 28.7 Å². The van der Waals surface area contributed by atoms with Gasteiger partial charge in [0.25, 0.3) is 5.91 Å². The van der Waals surface area contributed by atoms with E-state index in [1.165, 1.54) is 12.3 Å². The Morgan fingerprint density at radius 2 is 2.00 bits per heavy atom.